The van der Waals surface area contributed by atoms with Gasteiger partial charge in [0.2, 0.25) is 11.1 Å². The molecular weight excluding hydrogens is 354 g/mol. The number of amides is 1. The van der Waals surface area contributed by atoms with Gasteiger partial charge in [-0.3, -0.25) is 4.79 Å². The number of carboxylic acid groups (broad SMARTS) is 1. The third-order valence-corrected chi connectivity index (χ3v) is 5.68. The largest absolute Gasteiger partial charge is 0.478 e. The molecule has 2 aromatic rings. The molecule has 2 bridgehead atoms. The molecule has 0 aliphatic heterocycles. The molecule has 0 saturated heterocycles. The van der Waals surface area contributed by atoms with E-state index in [2.05, 4.69) is 33.0 Å². The van der Waals surface area contributed by atoms with Gasteiger partial charge in [-0.1, -0.05) is 30.0 Å². The van der Waals surface area contributed by atoms with Crippen LogP contribution in [-0.2, 0) is 4.79 Å². The van der Waals surface area contributed by atoms with Gasteiger partial charge in [0.15, 0.2) is 0 Å². The molecule has 0 spiro atoms. The molecule has 1 heterocycles. The molecule has 2 N–H and O–H groups in total. The van der Waals surface area contributed by atoms with Crippen molar-refractivity contribution in [1.29, 1.82) is 0 Å². The molecule has 4 rings (SSSR count). The van der Waals surface area contributed by atoms with Crippen LogP contribution >= 0.6 is 11.8 Å². The first-order chi connectivity index (χ1) is 12.6. The molecule has 0 unspecified atom stereocenters. The number of fused-ring (bicyclic) bond motifs is 2. The Labute approximate surface area is 153 Å². The normalized spacial score (nSPS) is 23.3. The number of tetrazole rings is 1. The molecule has 1 saturated carbocycles. The summed E-state index contributed by atoms with van der Waals surface area (Å²) in [7, 11) is 0. The number of hydrogen-bond acceptors (Lipinski definition) is 6. The highest BCUT2D eigenvalue weighted by Crippen LogP contribution is 2.46. The second-order valence-electron chi connectivity index (χ2n) is 6.48. The summed E-state index contributed by atoms with van der Waals surface area (Å²) >= 11 is 1.28. The third kappa shape index (κ3) is 3.34. The van der Waals surface area contributed by atoms with Crippen LogP contribution in [-0.4, -0.2) is 42.9 Å². The van der Waals surface area contributed by atoms with Crippen molar-refractivity contribution in [1.82, 2.24) is 20.2 Å². The van der Waals surface area contributed by atoms with E-state index < -0.39 is 5.97 Å². The summed E-state index contributed by atoms with van der Waals surface area (Å²) in [5, 5.41) is 24.3. The fraction of sp³-hybridized carbons (Fsp3) is 0.353. The quantitative estimate of drug-likeness (QED) is 0.592. The highest BCUT2D eigenvalue weighted by atomic mass is 32.2. The summed E-state index contributed by atoms with van der Waals surface area (Å²) in [6.07, 6.45) is 6.68. The number of carbonyl (C=O) groups is 2. The Morgan fingerprint density at radius 1 is 1.31 bits per heavy atom. The minimum Gasteiger partial charge on any atom is -0.478 e. The summed E-state index contributed by atoms with van der Waals surface area (Å²) in [5.41, 5.74) is 0.581. The number of nitrogens with one attached hydrogen (secondary N) is 1. The van der Waals surface area contributed by atoms with Crippen molar-refractivity contribution >= 4 is 29.3 Å². The summed E-state index contributed by atoms with van der Waals surface area (Å²) in [6, 6.07) is 6.41. The first-order valence-corrected chi connectivity index (χ1v) is 9.31. The number of benzene rings is 1. The Bertz CT molecular complexity index is 881. The molecule has 1 amide bonds. The molecule has 2 aliphatic rings. The molecule has 1 fully saturated rings. The second-order valence-corrected chi connectivity index (χ2v) is 7.42. The smallest absolute Gasteiger partial charge is 0.335 e. The molecule has 26 heavy (non-hydrogen) atoms. The fourth-order valence-electron chi connectivity index (χ4n) is 3.58. The molecule has 9 heteroatoms. The van der Waals surface area contributed by atoms with Gasteiger partial charge in [0, 0.05) is 5.69 Å². The number of anilines is 1. The number of rotatable bonds is 6. The van der Waals surface area contributed by atoms with E-state index in [4.69, 9.17) is 5.11 Å². The van der Waals surface area contributed by atoms with Crippen LogP contribution < -0.4 is 5.32 Å². The second kappa shape index (κ2) is 6.91. The Balaban J connectivity index is 1.37. The molecular formula is C17H17N5O3S. The molecule has 0 radical (unpaired) electrons. The van der Waals surface area contributed by atoms with Crippen LogP contribution in [0.1, 0.15) is 29.2 Å². The lowest BCUT2D eigenvalue weighted by atomic mass is 10.0. The Hall–Kier alpha value is -2.68. The van der Waals surface area contributed by atoms with E-state index in [1.165, 1.54) is 23.9 Å². The van der Waals surface area contributed by atoms with Gasteiger partial charge < -0.3 is 10.4 Å². The Morgan fingerprint density at radius 2 is 2.19 bits per heavy atom. The minimum absolute atomic E-state index is 0.128. The van der Waals surface area contributed by atoms with E-state index in [1.807, 2.05) is 4.68 Å². The SMILES string of the molecule is O=C(CSc1nnnn1[C@@H]1C[C@@H]2C=C[C@H]1C2)Nc1cccc(C(=O)O)c1. The lowest BCUT2D eigenvalue weighted by Crippen LogP contribution is -2.18. The standard InChI is InChI=1S/C17H17N5O3S/c23-15(18-13-3-1-2-12(8-13)16(24)25)9-26-17-19-20-21-22(17)14-7-10-4-5-11(14)6-10/h1-5,8,10-11,14H,6-7,9H2,(H,18,23)(H,24,25)/t10-,11+,14-/m1/s1. The lowest BCUT2D eigenvalue weighted by Gasteiger charge is -2.18. The van der Waals surface area contributed by atoms with Gasteiger partial charge in [0.1, 0.15) is 0 Å². The van der Waals surface area contributed by atoms with Gasteiger partial charge in [-0.05, 0) is 53.3 Å². The zero-order chi connectivity index (χ0) is 18.1. The van der Waals surface area contributed by atoms with Crippen molar-refractivity contribution < 1.29 is 14.7 Å². The van der Waals surface area contributed by atoms with Gasteiger partial charge in [0.05, 0.1) is 17.4 Å². The van der Waals surface area contributed by atoms with E-state index in [0.717, 1.165) is 12.8 Å². The number of carbonyl (C=O) groups excluding carboxylic acids is 1. The zero-order valence-electron chi connectivity index (χ0n) is 13.8. The number of aromatic carboxylic acids is 1. The van der Waals surface area contributed by atoms with Crippen molar-refractivity contribution in [2.45, 2.75) is 24.0 Å². The van der Waals surface area contributed by atoms with Crippen molar-refractivity contribution in [2.24, 2.45) is 11.8 Å². The van der Waals surface area contributed by atoms with E-state index in [9.17, 15) is 9.59 Å². The summed E-state index contributed by atoms with van der Waals surface area (Å²) in [5.74, 6) is -0.0456. The van der Waals surface area contributed by atoms with E-state index in [1.54, 1.807) is 12.1 Å². The molecule has 2 aliphatic carbocycles. The number of thioether (sulfide) groups is 1. The van der Waals surface area contributed by atoms with Crippen molar-refractivity contribution in [3.05, 3.63) is 42.0 Å². The Kier molecular flexibility index (Phi) is 4.46. The molecule has 134 valence electrons. The summed E-state index contributed by atoms with van der Waals surface area (Å²) in [4.78, 5) is 23.2. The average molecular weight is 371 g/mol. The number of carboxylic acids is 1. The van der Waals surface area contributed by atoms with Gasteiger partial charge in [-0.25, -0.2) is 9.48 Å². The molecule has 1 aromatic carbocycles. The summed E-state index contributed by atoms with van der Waals surface area (Å²) < 4.78 is 1.83. The number of allylic oxidation sites excluding steroid dienone is 2. The third-order valence-electron chi connectivity index (χ3n) is 4.75. The maximum absolute atomic E-state index is 12.2. The van der Waals surface area contributed by atoms with Crippen molar-refractivity contribution in [2.75, 3.05) is 11.1 Å². The van der Waals surface area contributed by atoms with Crippen LogP contribution in [0.15, 0.2) is 41.6 Å². The van der Waals surface area contributed by atoms with Crippen LogP contribution in [0.25, 0.3) is 0 Å². The number of aromatic nitrogens is 4. The van der Waals surface area contributed by atoms with E-state index >= 15 is 0 Å². The van der Waals surface area contributed by atoms with Gasteiger partial charge in [0.25, 0.3) is 0 Å². The van der Waals surface area contributed by atoms with Crippen molar-refractivity contribution in [3.8, 4) is 0 Å². The fourth-order valence-corrected chi connectivity index (χ4v) is 4.31. The average Bonchev–Trinajstić information content (AvgIpc) is 3.36. The maximum Gasteiger partial charge on any atom is 0.335 e. The van der Waals surface area contributed by atoms with Gasteiger partial charge in [-0.15, -0.1) is 5.10 Å². The minimum atomic E-state index is -1.03. The lowest BCUT2D eigenvalue weighted by molar-refractivity contribution is -0.113. The first kappa shape index (κ1) is 16.8. The summed E-state index contributed by atoms with van der Waals surface area (Å²) in [6.45, 7) is 0. The first-order valence-electron chi connectivity index (χ1n) is 8.32. The predicted molar refractivity (Wildman–Crippen MR) is 95.0 cm³/mol. The highest BCUT2D eigenvalue weighted by molar-refractivity contribution is 7.99. The zero-order valence-corrected chi connectivity index (χ0v) is 14.6. The monoisotopic (exact) mass is 371 g/mol. The van der Waals surface area contributed by atoms with Crippen LogP contribution in [0.3, 0.4) is 0 Å². The van der Waals surface area contributed by atoms with Gasteiger partial charge >= 0.3 is 5.97 Å². The van der Waals surface area contributed by atoms with Crippen molar-refractivity contribution in [3.63, 3.8) is 0 Å². The van der Waals surface area contributed by atoms with E-state index in [0.29, 0.717) is 22.7 Å². The van der Waals surface area contributed by atoms with Gasteiger partial charge in [-0.2, -0.15) is 0 Å². The van der Waals surface area contributed by atoms with Crippen LogP contribution in [0.5, 0.6) is 0 Å². The van der Waals surface area contributed by atoms with E-state index in [-0.39, 0.29) is 23.3 Å². The highest BCUT2D eigenvalue weighted by Gasteiger charge is 2.38. The molecule has 1 aromatic heterocycles. The van der Waals surface area contributed by atoms with Crippen LogP contribution in [0, 0.1) is 11.8 Å². The Morgan fingerprint density at radius 3 is 2.92 bits per heavy atom. The van der Waals surface area contributed by atoms with Crippen LogP contribution in [0.4, 0.5) is 5.69 Å². The predicted octanol–water partition coefficient (Wildman–Crippen LogP) is 2.24. The topological polar surface area (TPSA) is 110 Å². The number of hydrogen-bond donors (Lipinski definition) is 2. The maximum atomic E-state index is 12.2. The molecule has 8 nitrogen and oxygen atoms in total. The molecule has 3 atom stereocenters. The number of nitrogens with zero attached hydrogens (tertiary/aromatic N) is 4. The van der Waals surface area contributed by atoms with Crippen LogP contribution in [0.2, 0.25) is 0 Å².